The lowest BCUT2D eigenvalue weighted by Crippen LogP contribution is -2.49. The number of fused-ring (bicyclic) bond motifs is 1. The van der Waals surface area contributed by atoms with Crippen molar-refractivity contribution in [2.75, 3.05) is 25.1 Å². The van der Waals surface area contributed by atoms with Gasteiger partial charge in [0.1, 0.15) is 5.75 Å². The Labute approximate surface area is 221 Å². The Morgan fingerprint density at radius 3 is 2.57 bits per heavy atom. The molecule has 1 aromatic rings. The van der Waals surface area contributed by atoms with Crippen LogP contribution in [-0.4, -0.2) is 61.3 Å². The maximum absolute atomic E-state index is 13.4. The van der Waals surface area contributed by atoms with E-state index in [1.807, 2.05) is 33.8 Å². The van der Waals surface area contributed by atoms with Crippen molar-refractivity contribution in [1.29, 1.82) is 0 Å². The number of ether oxygens (including phenoxy) is 2. The molecule has 1 aromatic carbocycles. The first-order valence-corrected chi connectivity index (χ1v) is 13.2. The number of anilines is 1. The molecule has 1 aliphatic rings. The highest BCUT2D eigenvalue weighted by atomic mass is 16.6. The first-order valence-electron chi connectivity index (χ1n) is 13.2. The van der Waals surface area contributed by atoms with E-state index in [-0.39, 0.29) is 43.0 Å². The van der Waals surface area contributed by atoms with Gasteiger partial charge in [0.2, 0.25) is 17.9 Å². The number of rotatable bonds is 13. The van der Waals surface area contributed by atoms with Crippen LogP contribution in [0.1, 0.15) is 66.7 Å². The van der Waals surface area contributed by atoms with E-state index in [4.69, 9.17) is 15.2 Å². The molecule has 9 heteroatoms. The Hall–Kier alpha value is -2.65. The third-order valence-electron chi connectivity index (χ3n) is 6.92. The van der Waals surface area contributed by atoms with Gasteiger partial charge in [-0.1, -0.05) is 53.2 Å². The van der Waals surface area contributed by atoms with Crippen LogP contribution in [0.3, 0.4) is 0 Å². The van der Waals surface area contributed by atoms with Gasteiger partial charge in [0.15, 0.2) is 0 Å². The number of nitrogens with two attached hydrogens (primary N) is 1. The minimum atomic E-state index is -0.910. The van der Waals surface area contributed by atoms with Crippen LogP contribution < -0.4 is 20.7 Å². The van der Waals surface area contributed by atoms with Crippen molar-refractivity contribution < 1.29 is 29.0 Å². The number of methoxy groups -OCH3 is 1. The second kappa shape index (κ2) is 13.8. The molecule has 4 atom stereocenters. The minimum absolute atomic E-state index is 0.0521. The summed E-state index contributed by atoms with van der Waals surface area (Å²) in [7, 11) is 1.28. The van der Waals surface area contributed by atoms with E-state index in [2.05, 4.69) is 12.2 Å². The van der Waals surface area contributed by atoms with Gasteiger partial charge < -0.3 is 30.5 Å². The zero-order valence-electron chi connectivity index (χ0n) is 23.2. The van der Waals surface area contributed by atoms with Gasteiger partial charge in [-0.15, -0.1) is 0 Å². The summed E-state index contributed by atoms with van der Waals surface area (Å²) in [5.41, 5.74) is 6.46. The third kappa shape index (κ3) is 8.71. The molecule has 2 rings (SSSR count). The van der Waals surface area contributed by atoms with Gasteiger partial charge in [-0.25, -0.2) is 4.79 Å². The second-order valence-electron chi connectivity index (χ2n) is 11.1. The van der Waals surface area contributed by atoms with E-state index in [1.165, 1.54) is 7.11 Å². The normalized spacial score (nSPS) is 17.9. The van der Waals surface area contributed by atoms with E-state index < -0.39 is 29.6 Å². The van der Waals surface area contributed by atoms with Crippen molar-refractivity contribution in [3.8, 4) is 5.75 Å². The van der Waals surface area contributed by atoms with Crippen molar-refractivity contribution in [2.45, 2.75) is 85.0 Å². The average Bonchev–Trinajstić information content (AvgIpc) is 2.84. The fraction of sp³-hybridized carbons (Fsp3) is 0.679. The molecule has 2 amide bonds. The van der Waals surface area contributed by atoms with Crippen LogP contribution in [0.5, 0.6) is 5.75 Å². The standard InChI is InChI=1S/C28H45N3O6/c1-7-8-13-30-26(34)19(18(2)3)14-22(32)20(29)15-28(4,5)16-25(33)31-17-24(27(35)36-6)37-23-12-10-9-11-21(23)31/h9-12,18-20,22,24,32H,7-8,13-17,29H2,1-6H3,(H,30,34)/t19-,20+,22+,24-/m1/s1. The molecule has 37 heavy (non-hydrogen) atoms. The topological polar surface area (TPSA) is 131 Å². The van der Waals surface area contributed by atoms with Gasteiger partial charge in [-0.2, -0.15) is 0 Å². The molecule has 0 aromatic heterocycles. The van der Waals surface area contributed by atoms with Gasteiger partial charge in [0.05, 0.1) is 25.4 Å². The summed E-state index contributed by atoms with van der Waals surface area (Å²) in [6.45, 7) is 10.5. The van der Waals surface area contributed by atoms with E-state index in [1.54, 1.807) is 23.1 Å². The summed E-state index contributed by atoms with van der Waals surface area (Å²) in [6, 6.07) is 6.47. The zero-order chi connectivity index (χ0) is 27.8. The molecule has 9 nitrogen and oxygen atoms in total. The van der Waals surface area contributed by atoms with Crippen LogP contribution >= 0.6 is 0 Å². The van der Waals surface area contributed by atoms with Gasteiger partial charge in [0.25, 0.3) is 0 Å². The first kappa shape index (κ1) is 30.6. The number of aliphatic hydroxyl groups is 1. The third-order valence-corrected chi connectivity index (χ3v) is 6.92. The number of hydrogen-bond donors (Lipinski definition) is 3. The van der Waals surface area contributed by atoms with Gasteiger partial charge in [-0.05, 0) is 42.7 Å². The number of carbonyl (C=O) groups is 3. The Bertz CT molecular complexity index is 919. The summed E-state index contributed by atoms with van der Waals surface area (Å²) in [4.78, 5) is 39.8. The molecule has 1 aliphatic heterocycles. The highest BCUT2D eigenvalue weighted by Crippen LogP contribution is 2.36. The predicted octanol–water partition coefficient (Wildman–Crippen LogP) is 3.03. The molecule has 208 valence electrons. The van der Waals surface area contributed by atoms with E-state index in [9.17, 15) is 19.5 Å². The van der Waals surface area contributed by atoms with Crippen molar-refractivity contribution >= 4 is 23.5 Å². The quantitative estimate of drug-likeness (QED) is 0.270. The average molecular weight is 520 g/mol. The molecule has 0 bridgehead atoms. The van der Waals surface area contributed by atoms with Crippen LogP contribution in [0, 0.1) is 17.3 Å². The van der Waals surface area contributed by atoms with E-state index >= 15 is 0 Å². The monoisotopic (exact) mass is 519 g/mol. The lowest BCUT2D eigenvalue weighted by Gasteiger charge is -2.36. The zero-order valence-corrected chi connectivity index (χ0v) is 23.2. The van der Waals surface area contributed by atoms with Crippen LogP contribution in [0.25, 0.3) is 0 Å². The number of nitrogens with zero attached hydrogens (tertiary/aromatic N) is 1. The molecule has 0 radical (unpaired) electrons. The van der Waals surface area contributed by atoms with Crippen molar-refractivity contribution in [1.82, 2.24) is 5.32 Å². The highest BCUT2D eigenvalue weighted by molar-refractivity contribution is 5.97. The largest absolute Gasteiger partial charge is 0.475 e. The lowest BCUT2D eigenvalue weighted by molar-refractivity contribution is -0.148. The molecule has 4 N–H and O–H groups in total. The summed E-state index contributed by atoms with van der Waals surface area (Å²) in [5.74, 6) is -0.624. The number of carbonyl (C=O) groups excluding carboxylic acids is 3. The van der Waals surface area contributed by atoms with Crippen molar-refractivity contribution in [3.05, 3.63) is 24.3 Å². The predicted molar refractivity (Wildman–Crippen MR) is 143 cm³/mol. The maximum Gasteiger partial charge on any atom is 0.348 e. The number of hydrogen-bond acceptors (Lipinski definition) is 7. The SMILES string of the molecule is CCCCNC(=O)[C@H](C[C@H](O)[C@@H](N)CC(C)(C)CC(=O)N1C[C@H](C(=O)OC)Oc2ccccc21)C(C)C. The van der Waals surface area contributed by atoms with Crippen LogP contribution in [0.15, 0.2) is 24.3 Å². The Balaban J connectivity index is 2.04. The smallest absolute Gasteiger partial charge is 0.348 e. The molecule has 0 saturated carbocycles. The molecule has 0 saturated heterocycles. The number of para-hydroxylation sites is 2. The van der Waals surface area contributed by atoms with Crippen LogP contribution in [0.4, 0.5) is 5.69 Å². The Kier molecular flexibility index (Phi) is 11.4. The van der Waals surface area contributed by atoms with Gasteiger partial charge >= 0.3 is 5.97 Å². The Morgan fingerprint density at radius 2 is 1.95 bits per heavy atom. The maximum atomic E-state index is 13.4. The van der Waals surface area contributed by atoms with Crippen molar-refractivity contribution in [3.63, 3.8) is 0 Å². The highest BCUT2D eigenvalue weighted by Gasteiger charge is 2.37. The lowest BCUT2D eigenvalue weighted by atomic mass is 9.78. The summed E-state index contributed by atoms with van der Waals surface area (Å²) < 4.78 is 10.6. The number of aliphatic hydroxyl groups excluding tert-OH is 1. The number of esters is 1. The summed E-state index contributed by atoms with van der Waals surface area (Å²) >= 11 is 0. The molecule has 1 heterocycles. The first-order chi connectivity index (χ1) is 17.4. The number of amides is 2. The number of unbranched alkanes of at least 4 members (excludes halogenated alkanes) is 1. The fourth-order valence-corrected chi connectivity index (χ4v) is 4.71. The number of benzene rings is 1. The van der Waals surface area contributed by atoms with Gasteiger partial charge in [0, 0.05) is 24.9 Å². The van der Waals surface area contributed by atoms with Crippen molar-refractivity contribution in [2.24, 2.45) is 23.0 Å². The molecular weight excluding hydrogens is 474 g/mol. The fourth-order valence-electron chi connectivity index (χ4n) is 4.71. The Morgan fingerprint density at radius 1 is 1.27 bits per heavy atom. The van der Waals surface area contributed by atoms with E-state index in [0.717, 1.165) is 12.8 Å². The molecule has 0 fully saturated rings. The van der Waals surface area contributed by atoms with E-state index in [0.29, 0.717) is 24.4 Å². The summed E-state index contributed by atoms with van der Waals surface area (Å²) in [6.07, 6.45) is 0.912. The summed E-state index contributed by atoms with van der Waals surface area (Å²) in [5, 5.41) is 13.8. The molecule has 0 unspecified atom stereocenters. The number of nitrogens with one attached hydrogen (secondary N) is 1. The van der Waals surface area contributed by atoms with Crippen LogP contribution in [-0.2, 0) is 19.1 Å². The molecular formula is C28H45N3O6. The molecule has 0 spiro atoms. The second-order valence-corrected chi connectivity index (χ2v) is 11.1. The molecule has 0 aliphatic carbocycles. The van der Waals surface area contributed by atoms with Gasteiger partial charge in [-0.3, -0.25) is 9.59 Å². The minimum Gasteiger partial charge on any atom is -0.475 e. The van der Waals surface area contributed by atoms with Crippen LogP contribution in [0.2, 0.25) is 0 Å².